The molecule has 1 aromatic carbocycles. The summed E-state index contributed by atoms with van der Waals surface area (Å²) in [5.74, 6) is 0.361. The van der Waals surface area contributed by atoms with Crippen LogP contribution < -0.4 is 4.90 Å². The Hall–Kier alpha value is -0.540. The van der Waals surface area contributed by atoms with Crippen LogP contribution in [0, 0.1) is 11.3 Å². The van der Waals surface area contributed by atoms with E-state index in [9.17, 15) is 5.11 Å². The van der Waals surface area contributed by atoms with Crippen LogP contribution in [0.4, 0.5) is 5.69 Å². The van der Waals surface area contributed by atoms with E-state index in [4.69, 9.17) is 0 Å². The van der Waals surface area contributed by atoms with Crippen molar-refractivity contribution in [2.24, 2.45) is 11.3 Å². The van der Waals surface area contributed by atoms with Crippen molar-refractivity contribution in [2.45, 2.75) is 20.3 Å². The van der Waals surface area contributed by atoms with E-state index in [1.54, 1.807) is 0 Å². The number of benzene rings is 1. The Morgan fingerprint density at radius 1 is 1.35 bits per heavy atom. The average molecular weight is 298 g/mol. The Morgan fingerprint density at radius 3 is 2.59 bits per heavy atom. The Bertz CT molecular complexity index is 374. The molecule has 1 aromatic rings. The molecule has 1 heterocycles. The number of aliphatic hydroxyl groups excluding tert-OH is 1. The molecule has 1 aliphatic rings. The van der Waals surface area contributed by atoms with Crippen LogP contribution in [-0.4, -0.2) is 24.8 Å². The van der Waals surface area contributed by atoms with Gasteiger partial charge in [0.25, 0.3) is 0 Å². The van der Waals surface area contributed by atoms with Gasteiger partial charge in [0.2, 0.25) is 0 Å². The second kappa shape index (κ2) is 4.99. The van der Waals surface area contributed by atoms with Gasteiger partial charge in [-0.15, -0.1) is 0 Å². The first kappa shape index (κ1) is 12.9. The van der Waals surface area contributed by atoms with Gasteiger partial charge < -0.3 is 10.0 Å². The van der Waals surface area contributed by atoms with Gasteiger partial charge in [0.15, 0.2) is 0 Å². The Morgan fingerprint density at radius 2 is 2.00 bits per heavy atom. The highest BCUT2D eigenvalue weighted by Gasteiger charge is 2.34. The lowest BCUT2D eigenvalue weighted by Gasteiger charge is -2.44. The molecular weight excluding hydrogens is 278 g/mol. The fourth-order valence-corrected chi connectivity index (χ4v) is 2.69. The maximum atomic E-state index is 9.50. The normalized spacial score (nSPS) is 23.8. The van der Waals surface area contributed by atoms with Crippen molar-refractivity contribution in [1.29, 1.82) is 0 Å². The highest BCUT2D eigenvalue weighted by atomic mass is 79.9. The molecule has 1 saturated heterocycles. The average Bonchev–Trinajstić information content (AvgIpc) is 2.30. The number of halogens is 1. The molecule has 0 spiro atoms. The zero-order valence-corrected chi connectivity index (χ0v) is 12.1. The van der Waals surface area contributed by atoms with E-state index in [2.05, 4.69) is 58.9 Å². The van der Waals surface area contributed by atoms with Crippen LogP contribution in [0.3, 0.4) is 0 Å². The molecule has 1 N–H and O–H groups in total. The van der Waals surface area contributed by atoms with Gasteiger partial charge in [-0.3, -0.25) is 0 Å². The van der Waals surface area contributed by atoms with E-state index in [-0.39, 0.29) is 12.0 Å². The van der Waals surface area contributed by atoms with Gasteiger partial charge in [0.05, 0.1) is 0 Å². The second-order valence-electron chi connectivity index (χ2n) is 5.54. The Kier molecular flexibility index (Phi) is 3.79. The number of anilines is 1. The number of hydrogen-bond acceptors (Lipinski definition) is 2. The molecule has 0 bridgehead atoms. The molecule has 3 heteroatoms. The minimum Gasteiger partial charge on any atom is -0.396 e. The molecule has 1 unspecified atom stereocenters. The summed E-state index contributed by atoms with van der Waals surface area (Å²) in [6, 6.07) is 8.42. The maximum Gasteiger partial charge on any atom is 0.0481 e. The van der Waals surface area contributed by atoms with Crippen molar-refractivity contribution < 1.29 is 5.11 Å². The van der Waals surface area contributed by atoms with E-state index >= 15 is 0 Å². The van der Waals surface area contributed by atoms with Crippen LogP contribution in [0.2, 0.25) is 0 Å². The highest BCUT2D eigenvalue weighted by Crippen LogP contribution is 2.37. The molecule has 0 aromatic heterocycles. The zero-order chi connectivity index (χ0) is 12.5. The third-order valence-electron chi connectivity index (χ3n) is 3.98. The van der Waals surface area contributed by atoms with Gasteiger partial charge in [0.1, 0.15) is 0 Å². The van der Waals surface area contributed by atoms with E-state index in [1.807, 2.05) is 0 Å². The first-order valence-corrected chi connectivity index (χ1v) is 6.93. The summed E-state index contributed by atoms with van der Waals surface area (Å²) in [6.45, 7) is 6.82. The van der Waals surface area contributed by atoms with Gasteiger partial charge in [-0.1, -0.05) is 29.8 Å². The quantitative estimate of drug-likeness (QED) is 0.905. The third-order valence-corrected chi connectivity index (χ3v) is 4.51. The number of hydrogen-bond donors (Lipinski definition) is 1. The molecule has 1 aliphatic heterocycles. The molecule has 0 saturated carbocycles. The lowest BCUT2D eigenvalue weighted by Crippen LogP contribution is -2.46. The van der Waals surface area contributed by atoms with E-state index < -0.39 is 0 Å². The molecule has 2 nitrogen and oxygen atoms in total. The molecule has 1 atom stereocenters. The third kappa shape index (κ3) is 2.83. The minimum absolute atomic E-state index is 0.251. The molecule has 2 rings (SSSR count). The number of rotatable bonds is 2. The van der Waals surface area contributed by atoms with Crippen LogP contribution in [0.25, 0.3) is 0 Å². The van der Waals surface area contributed by atoms with Crippen molar-refractivity contribution in [3.05, 3.63) is 28.7 Å². The molecule has 0 radical (unpaired) electrons. The highest BCUT2D eigenvalue weighted by molar-refractivity contribution is 9.10. The predicted octanol–water partition coefficient (Wildman–Crippen LogP) is 3.29. The number of aliphatic hydroxyl groups is 1. The molecule has 0 aliphatic carbocycles. The summed E-state index contributed by atoms with van der Waals surface area (Å²) in [5, 5.41) is 9.50. The van der Waals surface area contributed by atoms with Crippen LogP contribution in [0.1, 0.15) is 20.3 Å². The summed E-state index contributed by atoms with van der Waals surface area (Å²) in [7, 11) is 0. The fourth-order valence-electron chi connectivity index (χ4n) is 2.42. The van der Waals surface area contributed by atoms with Gasteiger partial charge in [-0.2, -0.15) is 0 Å². The summed E-state index contributed by atoms with van der Waals surface area (Å²) in [6.07, 6.45) is 1.13. The Labute approximate surface area is 112 Å². The van der Waals surface area contributed by atoms with Crippen molar-refractivity contribution >= 4 is 21.6 Å². The summed E-state index contributed by atoms with van der Waals surface area (Å²) < 4.78 is 1.11. The lowest BCUT2D eigenvalue weighted by molar-refractivity contribution is 0.0968. The van der Waals surface area contributed by atoms with E-state index in [0.29, 0.717) is 5.92 Å². The van der Waals surface area contributed by atoms with Gasteiger partial charge in [-0.25, -0.2) is 0 Å². The van der Waals surface area contributed by atoms with Crippen molar-refractivity contribution in [1.82, 2.24) is 0 Å². The van der Waals surface area contributed by atoms with Crippen molar-refractivity contribution in [3.8, 4) is 0 Å². The Balaban J connectivity index is 2.12. The van der Waals surface area contributed by atoms with Crippen LogP contribution in [0.5, 0.6) is 0 Å². The van der Waals surface area contributed by atoms with Crippen molar-refractivity contribution in [3.63, 3.8) is 0 Å². The lowest BCUT2D eigenvalue weighted by atomic mass is 9.73. The van der Waals surface area contributed by atoms with Crippen LogP contribution in [0.15, 0.2) is 28.7 Å². The molecule has 94 valence electrons. The smallest absolute Gasteiger partial charge is 0.0481 e. The van der Waals surface area contributed by atoms with Gasteiger partial charge in [-0.05, 0) is 36.1 Å². The SMILES string of the molecule is CC1(C)CCN(c2ccc(Br)cc2)CC1CO. The first-order chi connectivity index (χ1) is 8.03. The first-order valence-electron chi connectivity index (χ1n) is 6.14. The maximum absolute atomic E-state index is 9.50. The minimum atomic E-state index is 0.251. The van der Waals surface area contributed by atoms with E-state index in [1.165, 1.54) is 5.69 Å². The summed E-state index contributed by atoms with van der Waals surface area (Å²) in [5.41, 5.74) is 1.50. The number of nitrogens with zero attached hydrogens (tertiary/aromatic N) is 1. The summed E-state index contributed by atoms with van der Waals surface area (Å²) in [4.78, 5) is 2.37. The molecule has 1 fully saturated rings. The van der Waals surface area contributed by atoms with Gasteiger partial charge >= 0.3 is 0 Å². The predicted molar refractivity (Wildman–Crippen MR) is 75.3 cm³/mol. The van der Waals surface area contributed by atoms with Crippen LogP contribution in [-0.2, 0) is 0 Å². The fraction of sp³-hybridized carbons (Fsp3) is 0.571. The van der Waals surface area contributed by atoms with E-state index in [0.717, 1.165) is 24.0 Å². The van der Waals surface area contributed by atoms with Crippen LogP contribution >= 0.6 is 15.9 Å². The van der Waals surface area contributed by atoms with Crippen molar-refractivity contribution in [2.75, 3.05) is 24.6 Å². The standard InChI is InChI=1S/C14H20BrNO/c1-14(2)7-8-16(9-11(14)10-17)13-5-3-12(15)4-6-13/h3-6,11,17H,7-10H2,1-2H3. The second-order valence-corrected chi connectivity index (χ2v) is 6.46. The topological polar surface area (TPSA) is 23.5 Å². The number of piperidine rings is 1. The molecule has 0 amide bonds. The monoisotopic (exact) mass is 297 g/mol. The van der Waals surface area contributed by atoms with Gasteiger partial charge in [0, 0.05) is 35.8 Å². The molecular formula is C14H20BrNO. The largest absolute Gasteiger partial charge is 0.396 e. The summed E-state index contributed by atoms with van der Waals surface area (Å²) >= 11 is 3.45. The molecule has 17 heavy (non-hydrogen) atoms. The zero-order valence-electron chi connectivity index (χ0n) is 10.5.